The largest absolute Gasteiger partial charge is 0.468 e. The van der Waals surface area contributed by atoms with Gasteiger partial charge in [0.05, 0.1) is 18.3 Å². The summed E-state index contributed by atoms with van der Waals surface area (Å²) >= 11 is 0. The highest BCUT2D eigenvalue weighted by Crippen LogP contribution is 2.25. The molecule has 4 heteroatoms. The molecule has 2 aromatic rings. The van der Waals surface area contributed by atoms with Gasteiger partial charge in [-0.25, -0.2) is 4.39 Å². The zero-order chi connectivity index (χ0) is 13.5. The quantitative estimate of drug-likeness (QED) is 0.537. The van der Waals surface area contributed by atoms with E-state index in [0.717, 1.165) is 37.7 Å². The van der Waals surface area contributed by atoms with Crippen molar-refractivity contribution < 1.29 is 18.3 Å². The number of benzene rings is 1. The van der Waals surface area contributed by atoms with E-state index in [9.17, 15) is 9.18 Å². The van der Waals surface area contributed by atoms with Crippen molar-refractivity contribution >= 4 is 17.4 Å². The number of halogens is 1. The first-order valence-corrected chi connectivity index (χ1v) is 6.53. The Morgan fingerprint density at radius 1 is 1.21 bits per heavy atom. The molecule has 1 heterocycles. The molecule has 0 aliphatic heterocycles. The standard InChI is InChI=1S/C15H17FO3/c16-13-7-5-8-14-15(13)12(10-19-14)6-3-1-2-4-9-18-11-17/h5,7-8,10-11H,1-4,6,9H2. The summed E-state index contributed by atoms with van der Waals surface area (Å²) in [4.78, 5) is 9.94. The summed E-state index contributed by atoms with van der Waals surface area (Å²) in [5.74, 6) is -0.222. The number of hydrogen-bond acceptors (Lipinski definition) is 3. The van der Waals surface area contributed by atoms with Crippen LogP contribution in [0.5, 0.6) is 0 Å². The lowest BCUT2D eigenvalue weighted by Gasteiger charge is -2.01. The molecule has 0 spiro atoms. The van der Waals surface area contributed by atoms with E-state index in [2.05, 4.69) is 4.74 Å². The van der Waals surface area contributed by atoms with Gasteiger partial charge in [0.15, 0.2) is 0 Å². The second-order valence-corrected chi connectivity index (χ2v) is 4.51. The summed E-state index contributed by atoms with van der Waals surface area (Å²) in [5.41, 5.74) is 1.53. The molecular weight excluding hydrogens is 247 g/mol. The predicted molar refractivity (Wildman–Crippen MR) is 70.4 cm³/mol. The van der Waals surface area contributed by atoms with Gasteiger partial charge in [-0.05, 0) is 31.4 Å². The molecule has 1 aromatic heterocycles. The highest BCUT2D eigenvalue weighted by Gasteiger charge is 2.09. The first-order chi connectivity index (χ1) is 9.33. The molecule has 102 valence electrons. The van der Waals surface area contributed by atoms with Crippen LogP contribution in [0.3, 0.4) is 0 Å². The van der Waals surface area contributed by atoms with Gasteiger partial charge >= 0.3 is 0 Å². The lowest BCUT2D eigenvalue weighted by Crippen LogP contribution is -1.92. The molecule has 0 aliphatic rings. The maximum atomic E-state index is 13.7. The Hall–Kier alpha value is -1.84. The van der Waals surface area contributed by atoms with Crippen LogP contribution >= 0.6 is 0 Å². The van der Waals surface area contributed by atoms with E-state index in [1.807, 2.05) is 0 Å². The summed E-state index contributed by atoms with van der Waals surface area (Å²) in [6.45, 7) is 0.952. The molecule has 0 fully saturated rings. The summed E-state index contributed by atoms with van der Waals surface area (Å²) in [5, 5.41) is 0.604. The molecule has 0 unspecified atom stereocenters. The molecule has 0 radical (unpaired) electrons. The van der Waals surface area contributed by atoms with Crippen LogP contribution in [0.15, 0.2) is 28.9 Å². The van der Waals surface area contributed by atoms with Gasteiger partial charge in [-0.3, -0.25) is 4.79 Å². The van der Waals surface area contributed by atoms with Crippen molar-refractivity contribution in [2.45, 2.75) is 32.1 Å². The van der Waals surface area contributed by atoms with Crippen LogP contribution in [-0.2, 0) is 16.0 Å². The molecule has 2 rings (SSSR count). The van der Waals surface area contributed by atoms with Gasteiger partial charge in [0, 0.05) is 5.56 Å². The van der Waals surface area contributed by atoms with Crippen molar-refractivity contribution in [3.63, 3.8) is 0 Å². The number of furan rings is 1. The fraction of sp³-hybridized carbons (Fsp3) is 0.400. The van der Waals surface area contributed by atoms with Crippen LogP contribution in [-0.4, -0.2) is 13.1 Å². The van der Waals surface area contributed by atoms with Crippen molar-refractivity contribution in [1.29, 1.82) is 0 Å². The van der Waals surface area contributed by atoms with Crippen LogP contribution in [0.1, 0.15) is 31.2 Å². The van der Waals surface area contributed by atoms with Crippen molar-refractivity contribution in [2.24, 2.45) is 0 Å². The fourth-order valence-corrected chi connectivity index (χ4v) is 2.19. The number of hydrogen-bond donors (Lipinski definition) is 0. The van der Waals surface area contributed by atoms with Crippen molar-refractivity contribution in [3.8, 4) is 0 Å². The molecule has 0 bridgehead atoms. The van der Waals surface area contributed by atoms with Gasteiger partial charge in [-0.15, -0.1) is 0 Å². The molecule has 0 atom stereocenters. The Morgan fingerprint density at radius 3 is 2.89 bits per heavy atom. The monoisotopic (exact) mass is 264 g/mol. The molecule has 0 saturated carbocycles. The highest BCUT2D eigenvalue weighted by atomic mass is 19.1. The van der Waals surface area contributed by atoms with Crippen LogP contribution < -0.4 is 0 Å². The Balaban J connectivity index is 1.80. The average molecular weight is 264 g/mol. The molecule has 0 saturated heterocycles. The number of ether oxygens (including phenoxy) is 1. The third-order valence-corrected chi connectivity index (χ3v) is 3.15. The fourth-order valence-electron chi connectivity index (χ4n) is 2.19. The predicted octanol–water partition coefficient (Wildman–Crippen LogP) is 3.85. The number of unbranched alkanes of at least 4 members (excludes halogenated alkanes) is 3. The zero-order valence-corrected chi connectivity index (χ0v) is 10.7. The van der Waals surface area contributed by atoms with E-state index in [1.165, 1.54) is 6.07 Å². The smallest absolute Gasteiger partial charge is 0.293 e. The SMILES string of the molecule is O=COCCCCCCc1coc2cccc(F)c12. The molecule has 0 amide bonds. The minimum Gasteiger partial charge on any atom is -0.468 e. The highest BCUT2D eigenvalue weighted by molar-refractivity contribution is 5.81. The van der Waals surface area contributed by atoms with Gasteiger partial charge in [0.1, 0.15) is 11.4 Å². The van der Waals surface area contributed by atoms with Crippen LogP contribution in [0.4, 0.5) is 4.39 Å². The Labute approximate surface area is 111 Å². The molecule has 0 aliphatic carbocycles. The van der Waals surface area contributed by atoms with E-state index in [4.69, 9.17) is 4.42 Å². The van der Waals surface area contributed by atoms with Gasteiger partial charge < -0.3 is 9.15 Å². The maximum absolute atomic E-state index is 13.7. The van der Waals surface area contributed by atoms with E-state index < -0.39 is 0 Å². The zero-order valence-electron chi connectivity index (χ0n) is 10.7. The summed E-state index contributed by atoms with van der Waals surface area (Å²) < 4.78 is 23.6. The van der Waals surface area contributed by atoms with Gasteiger partial charge in [-0.2, -0.15) is 0 Å². The summed E-state index contributed by atoms with van der Waals surface area (Å²) in [6.07, 6.45) is 6.34. The Bertz CT molecular complexity index is 533. The number of aryl methyl sites for hydroxylation is 1. The van der Waals surface area contributed by atoms with Gasteiger partial charge in [-0.1, -0.05) is 18.9 Å². The van der Waals surface area contributed by atoms with E-state index in [0.29, 0.717) is 24.0 Å². The van der Waals surface area contributed by atoms with E-state index in [-0.39, 0.29) is 5.82 Å². The van der Waals surface area contributed by atoms with E-state index in [1.54, 1.807) is 18.4 Å². The number of carbonyl (C=O) groups is 1. The van der Waals surface area contributed by atoms with Crippen molar-refractivity contribution in [1.82, 2.24) is 0 Å². The molecule has 3 nitrogen and oxygen atoms in total. The topological polar surface area (TPSA) is 39.4 Å². The Kier molecular flexibility index (Phi) is 4.95. The first-order valence-electron chi connectivity index (χ1n) is 6.53. The number of rotatable bonds is 8. The van der Waals surface area contributed by atoms with Crippen LogP contribution in [0, 0.1) is 5.82 Å². The third kappa shape index (κ3) is 3.56. The second kappa shape index (κ2) is 6.92. The molecule has 0 N–H and O–H groups in total. The molecule has 19 heavy (non-hydrogen) atoms. The third-order valence-electron chi connectivity index (χ3n) is 3.15. The lowest BCUT2D eigenvalue weighted by molar-refractivity contribution is -0.128. The van der Waals surface area contributed by atoms with Crippen molar-refractivity contribution in [3.05, 3.63) is 35.8 Å². The number of carbonyl (C=O) groups excluding carboxylic acids is 1. The van der Waals surface area contributed by atoms with E-state index >= 15 is 0 Å². The minimum absolute atomic E-state index is 0.222. The normalized spacial score (nSPS) is 10.8. The van der Waals surface area contributed by atoms with Crippen LogP contribution in [0.2, 0.25) is 0 Å². The number of fused-ring (bicyclic) bond motifs is 1. The summed E-state index contributed by atoms with van der Waals surface area (Å²) in [6, 6.07) is 4.88. The van der Waals surface area contributed by atoms with Crippen molar-refractivity contribution in [2.75, 3.05) is 6.61 Å². The van der Waals surface area contributed by atoms with Crippen LogP contribution in [0.25, 0.3) is 11.0 Å². The molecular formula is C15H17FO3. The second-order valence-electron chi connectivity index (χ2n) is 4.51. The maximum Gasteiger partial charge on any atom is 0.293 e. The minimum atomic E-state index is -0.222. The average Bonchev–Trinajstić information content (AvgIpc) is 2.82. The summed E-state index contributed by atoms with van der Waals surface area (Å²) in [7, 11) is 0. The lowest BCUT2D eigenvalue weighted by atomic mass is 10.1. The van der Waals surface area contributed by atoms with Gasteiger partial charge in [0.25, 0.3) is 6.47 Å². The molecule has 1 aromatic carbocycles. The van der Waals surface area contributed by atoms with Gasteiger partial charge in [0.2, 0.25) is 0 Å². The first kappa shape index (κ1) is 13.6. The Morgan fingerprint density at radius 2 is 2.05 bits per heavy atom.